The van der Waals surface area contributed by atoms with Crippen molar-refractivity contribution in [3.63, 3.8) is 0 Å². The van der Waals surface area contributed by atoms with E-state index in [9.17, 15) is 4.79 Å². The van der Waals surface area contributed by atoms with Crippen molar-refractivity contribution in [2.45, 2.75) is 19.9 Å². The van der Waals surface area contributed by atoms with Gasteiger partial charge in [-0.05, 0) is 32.1 Å². The van der Waals surface area contributed by atoms with Crippen LogP contribution in [0.25, 0.3) is 0 Å². The molecule has 19 heavy (non-hydrogen) atoms. The molecule has 1 atom stereocenters. The van der Waals surface area contributed by atoms with Gasteiger partial charge in [0.15, 0.2) is 0 Å². The van der Waals surface area contributed by atoms with Crippen molar-refractivity contribution in [3.8, 4) is 0 Å². The number of hydrazine groups is 1. The number of aromatic nitrogens is 1. The van der Waals surface area contributed by atoms with Gasteiger partial charge in [-0.25, -0.2) is 0 Å². The first-order valence-corrected chi connectivity index (χ1v) is 6.32. The number of rotatable bonds is 6. The number of amides is 1. The third-order valence-corrected chi connectivity index (χ3v) is 2.84. The van der Waals surface area contributed by atoms with E-state index < -0.39 is 0 Å². The Bertz CT molecular complexity index is 419. The lowest BCUT2D eigenvalue weighted by Gasteiger charge is -2.25. The van der Waals surface area contributed by atoms with Gasteiger partial charge in [0.2, 0.25) is 0 Å². The zero-order chi connectivity index (χ0) is 14.4. The summed E-state index contributed by atoms with van der Waals surface area (Å²) >= 11 is 0. The highest BCUT2D eigenvalue weighted by Gasteiger charge is 2.18. The van der Waals surface area contributed by atoms with E-state index in [0.717, 1.165) is 6.54 Å². The van der Waals surface area contributed by atoms with Gasteiger partial charge in [-0.2, -0.15) is 0 Å². The summed E-state index contributed by atoms with van der Waals surface area (Å²) in [6.45, 7) is 4.96. The molecule has 6 heteroatoms. The lowest BCUT2D eigenvalue weighted by molar-refractivity contribution is 0.0911. The SMILES string of the molecule is CC(C)C(CN(C)C)NC(=O)c1cc(NN)ccn1. The van der Waals surface area contributed by atoms with Crippen LogP contribution in [0.1, 0.15) is 24.3 Å². The fourth-order valence-corrected chi connectivity index (χ4v) is 1.70. The molecule has 0 aliphatic carbocycles. The second-order valence-corrected chi connectivity index (χ2v) is 5.16. The van der Waals surface area contributed by atoms with E-state index in [1.807, 2.05) is 14.1 Å². The lowest BCUT2D eigenvalue weighted by Crippen LogP contribution is -2.45. The normalized spacial score (nSPS) is 12.6. The van der Waals surface area contributed by atoms with Gasteiger partial charge in [0.1, 0.15) is 5.69 Å². The number of nitrogens with zero attached hydrogens (tertiary/aromatic N) is 2. The molecular weight excluding hydrogens is 242 g/mol. The first kappa shape index (κ1) is 15.4. The zero-order valence-corrected chi connectivity index (χ0v) is 12.0. The number of hydrogen-bond donors (Lipinski definition) is 3. The average Bonchev–Trinajstić information content (AvgIpc) is 2.37. The molecule has 1 amide bonds. The summed E-state index contributed by atoms with van der Waals surface area (Å²) in [5, 5.41) is 3.00. The maximum Gasteiger partial charge on any atom is 0.270 e. The molecule has 0 spiro atoms. The largest absolute Gasteiger partial charge is 0.346 e. The summed E-state index contributed by atoms with van der Waals surface area (Å²) < 4.78 is 0. The van der Waals surface area contributed by atoms with Gasteiger partial charge in [0.05, 0.1) is 5.69 Å². The van der Waals surface area contributed by atoms with E-state index in [0.29, 0.717) is 17.3 Å². The minimum absolute atomic E-state index is 0.0822. The highest BCUT2D eigenvalue weighted by atomic mass is 16.1. The molecule has 0 saturated heterocycles. The Kier molecular flexibility index (Phi) is 5.72. The Labute approximate surface area is 114 Å². The third kappa shape index (κ3) is 4.84. The molecule has 0 aliphatic heterocycles. The Morgan fingerprint density at radius 3 is 2.68 bits per heavy atom. The van der Waals surface area contributed by atoms with Gasteiger partial charge in [0, 0.05) is 18.8 Å². The first-order valence-electron chi connectivity index (χ1n) is 6.32. The van der Waals surface area contributed by atoms with E-state index in [4.69, 9.17) is 5.84 Å². The van der Waals surface area contributed by atoms with Gasteiger partial charge >= 0.3 is 0 Å². The van der Waals surface area contributed by atoms with Gasteiger partial charge in [-0.1, -0.05) is 13.8 Å². The molecule has 1 rings (SSSR count). The molecule has 0 saturated carbocycles. The summed E-state index contributed by atoms with van der Waals surface area (Å²) in [4.78, 5) is 18.3. The van der Waals surface area contributed by atoms with Crippen LogP contribution in [0.2, 0.25) is 0 Å². The van der Waals surface area contributed by atoms with Crippen LogP contribution in [0.15, 0.2) is 18.3 Å². The maximum absolute atomic E-state index is 12.1. The molecule has 0 radical (unpaired) electrons. The molecule has 106 valence electrons. The molecule has 1 heterocycles. The highest BCUT2D eigenvalue weighted by Crippen LogP contribution is 2.08. The molecule has 0 bridgehead atoms. The Morgan fingerprint density at radius 2 is 2.16 bits per heavy atom. The number of pyridine rings is 1. The number of carbonyl (C=O) groups is 1. The molecule has 0 aromatic carbocycles. The quantitative estimate of drug-likeness (QED) is 0.520. The summed E-state index contributed by atoms with van der Waals surface area (Å²) in [5.74, 6) is 5.48. The fourth-order valence-electron chi connectivity index (χ4n) is 1.70. The summed E-state index contributed by atoms with van der Waals surface area (Å²) in [6.07, 6.45) is 1.56. The second-order valence-electron chi connectivity index (χ2n) is 5.16. The number of nitrogens with two attached hydrogens (primary N) is 1. The zero-order valence-electron chi connectivity index (χ0n) is 12.0. The van der Waals surface area contributed by atoms with Crippen LogP contribution >= 0.6 is 0 Å². The van der Waals surface area contributed by atoms with E-state index in [1.165, 1.54) is 0 Å². The monoisotopic (exact) mass is 265 g/mol. The number of carbonyl (C=O) groups excluding carboxylic acids is 1. The Morgan fingerprint density at radius 1 is 1.47 bits per heavy atom. The maximum atomic E-state index is 12.1. The molecule has 0 aliphatic rings. The van der Waals surface area contributed by atoms with Crippen molar-refractivity contribution in [1.29, 1.82) is 0 Å². The Hall–Kier alpha value is -1.66. The van der Waals surface area contributed by atoms with Crippen molar-refractivity contribution >= 4 is 11.6 Å². The topological polar surface area (TPSA) is 83.3 Å². The molecular formula is C13H23N5O. The fraction of sp³-hybridized carbons (Fsp3) is 0.538. The smallest absolute Gasteiger partial charge is 0.270 e. The Balaban J connectivity index is 2.75. The predicted octanol–water partition coefficient (Wildman–Crippen LogP) is 0.683. The van der Waals surface area contributed by atoms with Crippen molar-refractivity contribution in [3.05, 3.63) is 24.0 Å². The standard InChI is InChI=1S/C13H23N5O/c1-9(2)12(8-18(3)4)16-13(19)11-7-10(17-14)5-6-15-11/h5-7,9,12H,8,14H2,1-4H3,(H,15,17)(H,16,19). The van der Waals surface area contributed by atoms with Crippen LogP contribution in [0.3, 0.4) is 0 Å². The van der Waals surface area contributed by atoms with Crippen LogP contribution in [0.5, 0.6) is 0 Å². The van der Waals surface area contributed by atoms with E-state index in [-0.39, 0.29) is 11.9 Å². The van der Waals surface area contributed by atoms with E-state index >= 15 is 0 Å². The van der Waals surface area contributed by atoms with Crippen molar-refractivity contribution in [1.82, 2.24) is 15.2 Å². The number of nitrogen functional groups attached to an aromatic ring is 1. The van der Waals surface area contributed by atoms with Gasteiger partial charge in [-0.3, -0.25) is 15.6 Å². The van der Waals surface area contributed by atoms with Crippen LogP contribution in [0.4, 0.5) is 5.69 Å². The number of likely N-dealkylation sites (N-methyl/N-ethyl adjacent to an activating group) is 1. The van der Waals surface area contributed by atoms with Crippen LogP contribution in [0, 0.1) is 5.92 Å². The molecule has 6 nitrogen and oxygen atoms in total. The average molecular weight is 265 g/mol. The van der Waals surface area contributed by atoms with Gasteiger partial charge < -0.3 is 15.6 Å². The van der Waals surface area contributed by atoms with Gasteiger partial charge in [0.25, 0.3) is 5.91 Å². The summed E-state index contributed by atoms with van der Waals surface area (Å²) in [7, 11) is 3.97. The minimum Gasteiger partial charge on any atom is -0.346 e. The van der Waals surface area contributed by atoms with Crippen LogP contribution in [-0.4, -0.2) is 42.5 Å². The first-order chi connectivity index (χ1) is 8.93. The number of hydrogen-bond acceptors (Lipinski definition) is 5. The number of nitrogens with one attached hydrogen (secondary N) is 2. The minimum atomic E-state index is -0.183. The number of anilines is 1. The van der Waals surface area contributed by atoms with Crippen molar-refractivity contribution in [2.24, 2.45) is 11.8 Å². The van der Waals surface area contributed by atoms with E-state index in [2.05, 4.69) is 34.5 Å². The molecule has 1 unspecified atom stereocenters. The lowest BCUT2D eigenvalue weighted by atomic mass is 10.0. The summed E-state index contributed by atoms with van der Waals surface area (Å²) in [6, 6.07) is 3.41. The third-order valence-electron chi connectivity index (χ3n) is 2.84. The molecule has 1 aromatic rings. The van der Waals surface area contributed by atoms with Crippen LogP contribution < -0.4 is 16.6 Å². The van der Waals surface area contributed by atoms with E-state index in [1.54, 1.807) is 18.3 Å². The second kappa shape index (κ2) is 7.06. The highest BCUT2D eigenvalue weighted by molar-refractivity contribution is 5.93. The molecule has 4 N–H and O–H groups in total. The molecule has 0 fully saturated rings. The van der Waals surface area contributed by atoms with Crippen molar-refractivity contribution < 1.29 is 4.79 Å². The summed E-state index contributed by atoms with van der Waals surface area (Å²) in [5.41, 5.74) is 3.52. The van der Waals surface area contributed by atoms with Crippen LogP contribution in [-0.2, 0) is 0 Å². The predicted molar refractivity (Wildman–Crippen MR) is 76.7 cm³/mol. The molecule has 1 aromatic heterocycles. The van der Waals surface area contributed by atoms with Gasteiger partial charge in [-0.15, -0.1) is 0 Å². The van der Waals surface area contributed by atoms with Crippen molar-refractivity contribution in [2.75, 3.05) is 26.1 Å².